The first-order valence-electron chi connectivity index (χ1n) is 10.6. The number of hydrogen-bond donors (Lipinski definition) is 1. The van der Waals surface area contributed by atoms with Crippen LogP contribution in [0.25, 0.3) is 10.2 Å². The molecule has 168 valence electrons. The quantitative estimate of drug-likeness (QED) is 0.546. The Bertz CT molecular complexity index is 1360. The largest absolute Gasteiger partial charge is 0.454 e. The summed E-state index contributed by atoms with van der Waals surface area (Å²) < 4.78 is 29.0. The van der Waals surface area contributed by atoms with Crippen LogP contribution in [0.2, 0.25) is 0 Å². The van der Waals surface area contributed by atoms with Gasteiger partial charge in [-0.2, -0.15) is 0 Å². The molecule has 0 spiro atoms. The van der Waals surface area contributed by atoms with Gasteiger partial charge >= 0.3 is 5.97 Å². The first kappa shape index (κ1) is 21.7. The minimum absolute atomic E-state index is 0.0701. The van der Waals surface area contributed by atoms with Crippen LogP contribution in [0.15, 0.2) is 34.0 Å². The minimum Gasteiger partial charge on any atom is -0.454 e. The molecule has 1 fully saturated rings. The van der Waals surface area contributed by atoms with Crippen molar-refractivity contribution in [3.63, 3.8) is 0 Å². The zero-order chi connectivity index (χ0) is 22.3. The van der Waals surface area contributed by atoms with Crippen molar-refractivity contribution in [3.8, 4) is 0 Å². The number of aromatic nitrogens is 2. The molecule has 7 nitrogen and oxygen atoms in total. The lowest BCUT2D eigenvalue weighted by atomic mass is 9.97. The fourth-order valence-corrected chi connectivity index (χ4v) is 9.16. The molecule has 1 atom stereocenters. The van der Waals surface area contributed by atoms with Gasteiger partial charge in [0.1, 0.15) is 17.3 Å². The zero-order valence-electron chi connectivity index (χ0n) is 17.3. The van der Waals surface area contributed by atoms with Gasteiger partial charge in [-0.15, -0.1) is 23.1 Å². The van der Waals surface area contributed by atoms with Gasteiger partial charge < -0.3 is 9.72 Å². The smallest absolute Gasteiger partial charge is 0.339 e. The number of thiophene rings is 1. The average Bonchev–Trinajstić information content (AvgIpc) is 3.31. The molecule has 0 saturated carbocycles. The molecule has 1 aliphatic carbocycles. The standard InChI is InChI=1S/C22H22N2O5S3/c25-20-19-14-5-1-3-7-16(14)31-21(19)24-18(23-20)11-29-22(26)15-6-2-4-8-17(15)30-13-9-10-32(27,28)12-13/h2,4,6,8,13H,1,3,5,7,9-12H2,(H,23,24,25). The SMILES string of the molecule is O=C(OCc1nc2sc3c(c2c(=O)[nH]1)CCCC3)c1ccccc1SC1CCS(=O)(=O)C1. The van der Waals surface area contributed by atoms with Crippen LogP contribution in [0.3, 0.4) is 0 Å². The van der Waals surface area contributed by atoms with Crippen molar-refractivity contribution in [2.24, 2.45) is 0 Å². The Balaban J connectivity index is 1.32. The summed E-state index contributed by atoms with van der Waals surface area (Å²) in [4.78, 5) is 35.4. The number of H-pyrrole nitrogens is 1. The molecule has 1 aliphatic heterocycles. The Labute approximate surface area is 193 Å². The summed E-state index contributed by atoms with van der Waals surface area (Å²) in [5.41, 5.74) is 1.32. The van der Waals surface area contributed by atoms with Crippen molar-refractivity contribution in [3.05, 3.63) is 56.4 Å². The maximum absolute atomic E-state index is 12.8. The predicted octanol–water partition coefficient (Wildman–Crippen LogP) is 3.50. The summed E-state index contributed by atoms with van der Waals surface area (Å²) in [7, 11) is -3.00. The summed E-state index contributed by atoms with van der Waals surface area (Å²) in [6.07, 6.45) is 4.68. The lowest BCUT2D eigenvalue weighted by Gasteiger charge is -2.12. The summed E-state index contributed by atoms with van der Waals surface area (Å²) in [6.45, 7) is -0.136. The van der Waals surface area contributed by atoms with Gasteiger partial charge in [-0.1, -0.05) is 12.1 Å². The number of hydrogen-bond acceptors (Lipinski definition) is 8. The normalized spacial score (nSPS) is 19.7. The molecular weight excluding hydrogens is 468 g/mol. The molecule has 2 aliphatic rings. The van der Waals surface area contributed by atoms with Crippen molar-refractivity contribution in [2.45, 2.75) is 48.9 Å². The van der Waals surface area contributed by atoms with Crippen molar-refractivity contribution in [1.29, 1.82) is 0 Å². The molecule has 32 heavy (non-hydrogen) atoms. The van der Waals surface area contributed by atoms with Crippen LogP contribution in [0, 0.1) is 0 Å². The Kier molecular flexibility index (Phi) is 5.85. The number of aryl methyl sites for hydroxylation is 2. The fourth-order valence-electron chi connectivity index (χ4n) is 4.26. The zero-order valence-corrected chi connectivity index (χ0v) is 19.7. The van der Waals surface area contributed by atoms with Gasteiger partial charge in [-0.3, -0.25) is 4.79 Å². The van der Waals surface area contributed by atoms with Gasteiger partial charge in [0, 0.05) is 15.0 Å². The number of benzene rings is 1. The highest BCUT2D eigenvalue weighted by molar-refractivity contribution is 8.02. The van der Waals surface area contributed by atoms with Crippen molar-refractivity contribution in [1.82, 2.24) is 9.97 Å². The lowest BCUT2D eigenvalue weighted by Crippen LogP contribution is -2.15. The van der Waals surface area contributed by atoms with Gasteiger partial charge in [0.25, 0.3) is 5.56 Å². The average molecular weight is 491 g/mol. The van der Waals surface area contributed by atoms with Crippen LogP contribution in [-0.2, 0) is 34.0 Å². The molecule has 2 aromatic heterocycles. The molecule has 3 aromatic rings. The molecule has 1 N–H and O–H groups in total. The van der Waals surface area contributed by atoms with Crippen LogP contribution in [-0.4, -0.2) is 41.1 Å². The summed E-state index contributed by atoms with van der Waals surface area (Å²) in [5.74, 6) is 0.103. The lowest BCUT2D eigenvalue weighted by molar-refractivity contribution is 0.0458. The number of aromatic amines is 1. The first-order chi connectivity index (χ1) is 15.4. The molecule has 0 amide bonds. The van der Waals surface area contributed by atoms with Gasteiger partial charge in [-0.25, -0.2) is 18.2 Å². The molecule has 1 unspecified atom stereocenters. The van der Waals surface area contributed by atoms with Gasteiger partial charge in [-0.05, 0) is 49.8 Å². The van der Waals surface area contributed by atoms with Gasteiger partial charge in [0.2, 0.25) is 0 Å². The number of ether oxygens (including phenoxy) is 1. The van der Waals surface area contributed by atoms with Crippen molar-refractivity contribution < 1.29 is 17.9 Å². The van der Waals surface area contributed by atoms with E-state index in [1.165, 1.54) is 16.6 Å². The predicted molar refractivity (Wildman–Crippen MR) is 125 cm³/mol. The topological polar surface area (TPSA) is 106 Å². The maximum atomic E-state index is 12.8. The van der Waals surface area contributed by atoms with E-state index >= 15 is 0 Å². The van der Waals surface area contributed by atoms with Gasteiger partial charge in [0.15, 0.2) is 9.84 Å². The second-order valence-electron chi connectivity index (χ2n) is 8.12. The number of thioether (sulfide) groups is 1. The fraction of sp³-hybridized carbons (Fsp3) is 0.409. The summed E-state index contributed by atoms with van der Waals surface area (Å²) in [5, 5.41) is 0.604. The van der Waals surface area contributed by atoms with E-state index in [4.69, 9.17) is 4.74 Å². The Morgan fingerprint density at radius 2 is 2.06 bits per heavy atom. The second kappa shape index (κ2) is 8.64. The second-order valence-corrected chi connectivity index (χ2v) is 12.8. The van der Waals surface area contributed by atoms with E-state index in [1.54, 1.807) is 29.5 Å². The number of fused-ring (bicyclic) bond motifs is 3. The summed E-state index contributed by atoms with van der Waals surface area (Å²) >= 11 is 2.95. The number of carbonyl (C=O) groups excluding carboxylic acids is 1. The summed E-state index contributed by atoms with van der Waals surface area (Å²) in [6, 6.07) is 7.03. The van der Waals surface area contributed by atoms with Gasteiger partial charge in [0.05, 0.1) is 22.5 Å². The van der Waals surface area contributed by atoms with E-state index in [2.05, 4.69) is 9.97 Å². The highest BCUT2D eigenvalue weighted by Gasteiger charge is 2.29. The minimum atomic E-state index is -3.00. The van der Waals surface area contributed by atoms with E-state index in [0.717, 1.165) is 31.2 Å². The first-order valence-corrected chi connectivity index (χ1v) is 14.1. The van der Waals surface area contributed by atoms with Crippen LogP contribution in [0.4, 0.5) is 0 Å². The monoisotopic (exact) mass is 490 g/mol. The molecule has 1 saturated heterocycles. The number of nitrogens with zero attached hydrogens (tertiary/aromatic N) is 1. The molecule has 1 aromatic carbocycles. The van der Waals surface area contributed by atoms with Crippen molar-refractivity contribution in [2.75, 3.05) is 11.5 Å². The highest BCUT2D eigenvalue weighted by Crippen LogP contribution is 2.34. The molecule has 0 radical (unpaired) electrons. The highest BCUT2D eigenvalue weighted by atomic mass is 32.2. The van der Waals surface area contributed by atoms with Crippen LogP contribution in [0.5, 0.6) is 0 Å². The molecule has 0 bridgehead atoms. The number of rotatable bonds is 5. The van der Waals surface area contributed by atoms with Crippen LogP contribution in [0.1, 0.15) is 45.9 Å². The van der Waals surface area contributed by atoms with E-state index in [-0.39, 0.29) is 28.9 Å². The third kappa shape index (κ3) is 4.35. The van der Waals surface area contributed by atoms with E-state index in [0.29, 0.717) is 32.9 Å². The third-order valence-corrected chi connectivity index (χ3v) is 10.3. The van der Waals surface area contributed by atoms with Crippen LogP contribution < -0.4 is 5.56 Å². The number of esters is 1. The molecular formula is C22H22N2O5S3. The molecule has 5 rings (SSSR count). The van der Waals surface area contributed by atoms with Crippen LogP contribution >= 0.6 is 23.1 Å². The Morgan fingerprint density at radius 1 is 1.25 bits per heavy atom. The molecule has 10 heteroatoms. The maximum Gasteiger partial charge on any atom is 0.339 e. The van der Waals surface area contributed by atoms with Crippen molar-refractivity contribution >= 4 is 49.1 Å². The molecule has 3 heterocycles. The number of carbonyl (C=O) groups is 1. The van der Waals surface area contributed by atoms with E-state index < -0.39 is 15.8 Å². The number of nitrogens with one attached hydrogen (secondary N) is 1. The number of sulfone groups is 1. The van der Waals surface area contributed by atoms with E-state index in [1.807, 2.05) is 6.07 Å². The van der Waals surface area contributed by atoms with E-state index in [9.17, 15) is 18.0 Å². The third-order valence-electron chi connectivity index (χ3n) is 5.81. The Morgan fingerprint density at radius 3 is 2.88 bits per heavy atom. The Hall–Kier alpha value is -2.17.